The monoisotopic (exact) mass is 295 g/mol. The van der Waals surface area contributed by atoms with Crippen LogP contribution in [0, 0.1) is 5.92 Å². The third-order valence-corrected chi connectivity index (χ3v) is 3.41. The van der Waals surface area contributed by atoms with Crippen molar-refractivity contribution in [3.8, 4) is 0 Å². The number of nitrogens with one attached hydrogen (secondary N) is 1. The van der Waals surface area contributed by atoms with Crippen LogP contribution < -0.4 is 5.32 Å². The molecule has 0 aromatic carbocycles. The summed E-state index contributed by atoms with van der Waals surface area (Å²) >= 11 is 3.32. The first-order valence-electron chi connectivity index (χ1n) is 5.17. The second-order valence-corrected chi connectivity index (χ2v) is 6.46. The largest absolute Gasteiger partial charge is 0.444 e. The number of carbonyl (C=O) groups excluding carboxylic acids is 1. The molecular weight excluding hydrogens is 278 g/mol. The topological polar surface area (TPSA) is 78.8 Å². The first-order valence-corrected chi connectivity index (χ1v) is 5.96. The van der Waals surface area contributed by atoms with Crippen LogP contribution in [0.15, 0.2) is 0 Å². The predicted octanol–water partition coefficient (Wildman–Crippen LogP) is 0.975. The number of alkyl carbamates (subject to hydrolysis) is 1. The van der Waals surface area contributed by atoms with Crippen LogP contribution in [-0.2, 0) is 4.74 Å². The number of carbonyl (C=O) groups is 1. The van der Waals surface area contributed by atoms with Gasteiger partial charge in [-0.25, -0.2) is 4.79 Å². The van der Waals surface area contributed by atoms with Crippen molar-refractivity contribution < 1.29 is 19.7 Å². The molecule has 0 radical (unpaired) electrons. The van der Waals surface area contributed by atoms with Gasteiger partial charge in [-0.05, 0) is 27.2 Å². The van der Waals surface area contributed by atoms with E-state index in [1.54, 1.807) is 20.8 Å². The Balaban J connectivity index is 2.42. The smallest absolute Gasteiger partial charge is 0.408 e. The van der Waals surface area contributed by atoms with E-state index in [9.17, 15) is 9.90 Å². The van der Waals surface area contributed by atoms with Gasteiger partial charge in [-0.1, -0.05) is 15.9 Å². The normalized spacial score (nSPS) is 30.8. The van der Waals surface area contributed by atoms with Crippen LogP contribution in [0.25, 0.3) is 0 Å². The van der Waals surface area contributed by atoms with Crippen molar-refractivity contribution in [2.45, 2.75) is 43.3 Å². The molecule has 0 aromatic heterocycles. The van der Waals surface area contributed by atoms with Crippen LogP contribution in [0.5, 0.6) is 0 Å². The summed E-state index contributed by atoms with van der Waals surface area (Å²) in [6.07, 6.45) is -0.778. The number of aliphatic hydroxyl groups excluding tert-OH is 2. The number of alkyl halides is 1. The summed E-state index contributed by atoms with van der Waals surface area (Å²) in [7, 11) is 0. The lowest BCUT2D eigenvalue weighted by Crippen LogP contribution is -2.40. The number of rotatable bonds is 3. The molecule has 5 nitrogen and oxygen atoms in total. The summed E-state index contributed by atoms with van der Waals surface area (Å²) in [4.78, 5) is 11.5. The summed E-state index contributed by atoms with van der Waals surface area (Å²) in [5, 5.41) is 20.8. The second kappa shape index (κ2) is 4.50. The van der Waals surface area contributed by atoms with Crippen molar-refractivity contribution >= 4 is 22.0 Å². The molecule has 0 bridgehead atoms. The predicted molar refractivity (Wildman–Crippen MR) is 62.2 cm³/mol. The van der Waals surface area contributed by atoms with Crippen molar-refractivity contribution in [3.63, 3.8) is 0 Å². The Morgan fingerprint density at radius 3 is 2.69 bits per heavy atom. The van der Waals surface area contributed by atoms with Gasteiger partial charge in [0.15, 0.2) is 0 Å². The average molecular weight is 296 g/mol. The molecule has 16 heavy (non-hydrogen) atoms. The number of amides is 1. The highest BCUT2D eigenvalue weighted by Crippen LogP contribution is 2.50. The first kappa shape index (κ1) is 13.7. The molecule has 1 amide bonds. The number of aliphatic hydroxyl groups is 2. The summed E-state index contributed by atoms with van der Waals surface area (Å²) in [5.41, 5.74) is -0.548. The Bertz CT molecular complexity index is 278. The fourth-order valence-corrected chi connectivity index (χ4v) is 2.26. The van der Waals surface area contributed by atoms with E-state index >= 15 is 0 Å². The van der Waals surface area contributed by atoms with Crippen LogP contribution in [0.3, 0.4) is 0 Å². The molecule has 94 valence electrons. The number of hydrogen-bond acceptors (Lipinski definition) is 4. The molecule has 0 aliphatic heterocycles. The van der Waals surface area contributed by atoms with E-state index in [0.29, 0.717) is 6.42 Å². The molecule has 1 saturated carbocycles. The molecule has 3 N–H and O–H groups in total. The fourth-order valence-electron chi connectivity index (χ4n) is 1.45. The van der Waals surface area contributed by atoms with Crippen molar-refractivity contribution in [3.05, 3.63) is 0 Å². The van der Waals surface area contributed by atoms with Gasteiger partial charge >= 0.3 is 6.09 Å². The minimum absolute atomic E-state index is 0.176. The first-order chi connectivity index (χ1) is 7.18. The third kappa shape index (κ3) is 3.61. The molecule has 1 fully saturated rings. The molecule has 0 heterocycles. The molecular formula is C10H18BrNO4. The number of halogens is 1. The van der Waals surface area contributed by atoms with Crippen LogP contribution >= 0.6 is 15.9 Å². The van der Waals surface area contributed by atoms with Crippen molar-refractivity contribution in [2.24, 2.45) is 5.92 Å². The van der Waals surface area contributed by atoms with Gasteiger partial charge in [0.05, 0.1) is 12.7 Å². The lowest BCUT2D eigenvalue weighted by atomic mass is 10.2. The summed E-state index contributed by atoms with van der Waals surface area (Å²) in [6.45, 7) is 5.02. The van der Waals surface area contributed by atoms with Crippen LogP contribution in [0.2, 0.25) is 0 Å². The van der Waals surface area contributed by atoms with Crippen LogP contribution in [0.1, 0.15) is 27.2 Å². The SMILES string of the molecule is CC(C)(C)OC(=O)N[C@]1(Br)C[C@@H]1[C@H](O)CO. The molecule has 1 aliphatic rings. The van der Waals surface area contributed by atoms with E-state index in [1.807, 2.05) is 0 Å². The van der Waals surface area contributed by atoms with E-state index in [0.717, 1.165) is 0 Å². The highest BCUT2D eigenvalue weighted by Gasteiger charge is 2.57. The molecule has 1 aliphatic carbocycles. The van der Waals surface area contributed by atoms with E-state index in [-0.39, 0.29) is 12.5 Å². The zero-order chi connectivity index (χ0) is 12.6. The maximum Gasteiger partial charge on any atom is 0.408 e. The minimum atomic E-state index is -0.825. The van der Waals surface area contributed by atoms with Crippen LogP contribution in [-0.4, -0.2) is 39.1 Å². The summed E-state index contributed by atoms with van der Waals surface area (Å²) in [5.74, 6) is -0.176. The quantitative estimate of drug-likeness (QED) is 0.536. The van der Waals surface area contributed by atoms with Gasteiger partial charge in [0.1, 0.15) is 10.0 Å². The number of ether oxygens (including phenoxy) is 1. The zero-order valence-corrected chi connectivity index (χ0v) is 11.2. The van der Waals surface area contributed by atoms with Crippen LogP contribution in [0.4, 0.5) is 4.79 Å². The average Bonchev–Trinajstić information content (AvgIpc) is 2.72. The Morgan fingerprint density at radius 2 is 2.25 bits per heavy atom. The maximum atomic E-state index is 11.5. The fraction of sp³-hybridized carbons (Fsp3) is 0.900. The number of hydrogen-bond donors (Lipinski definition) is 3. The van der Waals surface area contributed by atoms with E-state index in [2.05, 4.69) is 21.2 Å². The van der Waals surface area contributed by atoms with E-state index in [4.69, 9.17) is 9.84 Å². The maximum absolute atomic E-state index is 11.5. The van der Waals surface area contributed by atoms with Crippen molar-refractivity contribution in [2.75, 3.05) is 6.61 Å². The van der Waals surface area contributed by atoms with Gasteiger partial charge in [-0.15, -0.1) is 0 Å². The van der Waals surface area contributed by atoms with Gasteiger partial charge < -0.3 is 20.3 Å². The van der Waals surface area contributed by atoms with Crippen molar-refractivity contribution in [1.82, 2.24) is 5.32 Å². The molecule has 1 rings (SSSR count). The summed E-state index contributed by atoms with van der Waals surface area (Å²) in [6, 6.07) is 0. The van der Waals surface area contributed by atoms with Gasteiger partial charge in [-0.3, -0.25) is 0 Å². The summed E-state index contributed by atoms with van der Waals surface area (Å²) < 4.78 is 4.45. The Labute approximate surface area is 103 Å². The molecule has 0 spiro atoms. The zero-order valence-electron chi connectivity index (χ0n) is 9.66. The van der Waals surface area contributed by atoms with Gasteiger partial charge in [0.25, 0.3) is 0 Å². The molecule has 0 saturated heterocycles. The van der Waals surface area contributed by atoms with E-state index in [1.165, 1.54) is 0 Å². The molecule has 0 aromatic rings. The molecule has 6 heteroatoms. The van der Waals surface area contributed by atoms with Gasteiger partial charge in [0.2, 0.25) is 0 Å². The highest BCUT2D eigenvalue weighted by molar-refractivity contribution is 9.10. The van der Waals surface area contributed by atoms with Crippen molar-refractivity contribution in [1.29, 1.82) is 0 Å². The van der Waals surface area contributed by atoms with Gasteiger partial charge in [0, 0.05) is 5.92 Å². The Kier molecular flexibility index (Phi) is 3.87. The lowest BCUT2D eigenvalue weighted by molar-refractivity contribution is 0.0484. The lowest BCUT2D eigenvalue weighted by Gasteiger charge is -2.22. The van der Waals surface area contributed by atoms with Gasteiger partial charge in [-0.2, -0.15) is 0 Å². The standard InChI is InChI=1S/C10H18BrNO4/c1-9(2,3)16-8(15)12-10(11)4-6(10)7(14)5-13/h6-7,13-14H,4-5H2,1-3H3,(H,12,15)/t6-,7-,10-/m1/s1. The van der Waals surface area contributed by atoms with E-state index < -0.39 is 22.2 Å². The second-order valence-electron chi connectivity index (χ2n) is 5.05. The Morgan fingerprint density at radius 1 is 1.69 bits per heavy atom. The molecule has 3 atom stereocenters. The molecule has 0 unspecified atom stereocenters. The third-order valence-electron chi connectivity index (χ3n) is 2.30. The Hall–Kier alpha value is -0.330. The highest BCUT2D eigenvalue weighted by atomic mass is 79.9. The minimum Gasteiger partial charge on any atom is -0.444 e.